The molecule has 1 heterocycles. The third-order valence-corrected chi connectivity index (χ3v) is 2.36. The third-order valence-electron chi connectivity index (χ3n) is 2.36. The van der Waals surface area contributed by atoms with Crippen LogP contribution >= 0.6 is 0 Å². The third kappa shape index (κ3) is 2.48. The van der Waals surface area contributed by atoms with E-state index in [0.717, 1.165) is 0 Å². The number of anilines is 1. The van der Waals surface area contributed by atoms with E-state index in [0.29, 0.717) is 23.8 Å². The largest absolute Gasteiger partial charge is 0.492 e. The van der Waals surface area contributed by atoms with Crippen LogP contribution in [0.5, 0.6) is 5.75 Å². The average molecular weight is 246 g/mol. The SMILES string of the molecule is CCOc1ccccc1N/N=C1/C(=O)NN=C1C. The molecule has 0 bridgehead atoms. The van der Waals surface area contributed by atoms with E-state index in [1.54, 1.807) is 6.92 Å². The van der Waals surface area contributed by atoms with Gasteiger partial charge in [-0.3, -0.25) is 10.2 Å². The highest BCUT2D eigenvalue weighted by molar-refractivity contribution is 6.68. The second-order valence-corrected chi connectivity index (χ2v) is 3.64. The lowest BCUT2D eigenvalue weighted by Gasteiger charge is -2.08. The molecular weight excluding hydrogens is 232 g/mol. The number of ether oxygens (including phenoxy) is 1. The molecule has 6 nitrogen and oxygen atoms in total. The molecule has 0 radical (unpaired) electrons. The molecule has 18 heavy (non-hydrogen) atoms. The molecule has 0 fully saturated rings. The molecular formula is C12H14N4O2. The van der Waals surface area contributed by atoms with E-state index in [1.807, 2.05) is 31.2 Å². The first-order valence-corrected chi connectivity index (χ1v) is 5.63. The highest BCUT2D eigenvalue weighted by atomic mass is 16.5. The van der Waals surface area contributed by atoms with Gasteiger partial charge in [0, 0.05) is 0 Å². The summed E-state index contributed by atoms with van der Waals surface area (Å²) in [5.74, 6) is 0.381. The van der Waals surface area contributed by atoms with Gasteiger partial charge in [-0.05, 0) is 26.0 Å². The normalized spacial score (nSPS) is 16.4. The first-order chi connectivity index (χ1) is 8.72. The van der Waals surface area contributed by atoms with Crippen LogP contribution < -0.4 is 15.6 Å². The van der Waals surface area contributed by atoms with Crippen LogP contribution in [-0.4, -0.2) is 23.9 Å². The monoisotopic (exact) mass is 246 g/mol. The molecule has 0 spiro atoms. The second-order valence-electron chi connectivity index (χ2n) is 3.64. The predicted octanol–water partition coefficient (Wildman–Crippen LogP) is 1.36. The van der Waals surface area contributed by atoms with Crippen molar-refractivity contribution >= 4 is 23.0 Å². The zero-order chi connectivity index (χ0) is 13.0. The average Bonchev–Trinajstić information content (AvgIpc) is 2.69. The van der Waals surface area contributed by atoms with E-state index < -0.39 is 0 Å². The van der Waals surface area contributed by atoms with Crippen LogP contribution in [0.2, 0.25) is 0 Å². The summed E-state index contributed by atoms with van der Waals surface area (Å²) in [6, 6.07) is 7.40. The molecule has 1 aliphatic rings. The van der Waals surface area contributed by atoms with Gasteiger partial charge in [0.25, 0.3) is 5.91 Å². The van der Waals surface area contributed by atoms with Gasteiger partial charge < -0.3 is 4.74 Å². The number of hydrogen-bond donors (Lipinski definition) is 2. The lowest BCUT2D eigenvalue weighted by atomic mass is 10.2. The van der Waals surface area contributed by atoms with Crippen molar-refractivity contribution in [2.75, 3.05) is 12.0 Å². The number of hydrazone groups is 2. The highest BCUT2D eigenvalue weighted by Crippen LogP contribution is 2.23. The van der Waals surface area contributed by atoms with Crippen LogP contribution in [0, 0.1) is 0 Å². The summed E-state index contributed by atoms with van der Waals surface area (Å²) >= 11 is 0. The number of nitrogens with one attached hydrogen (secondary N) is 2. The Morgan fingerprint density at radius 3 is 2.89 bits per heavy atom. The van der Waals surface area contributed by atoms with Crippen LogP contribution in [0.25, 0.3) is 0 Å². The van der Waals surface area contributed by atoms with Gasteiger partial charge in [-0.1, -0.05) is 12.1 Å². The number of benzene rings is 1. The van der Waals surface area contributed by atoms with Crippen molar-refractivity contribution in [3.05, 3.63) is 24.3 Å². The topological polar surface area (TPSA) is 75.1 Å². The standard InChI is InChI=1S/C12H14N4O2/c1-3-18-10-7-5-4-6-9(10)14-15-11-8(2)13-16-12(11)17/h4-7,14H,3H2,1-2H3,(H,15,16,17). The van der Waals surface area contributed by atoms with Gasteiger partial charge >= 0.3 is 0 Å². The fourth-order valence-corrected chi connectivity index (χ4v) is 1.49. The number of carbonyl (C=O) groups is 1. The Balaban J connectivity index is 2.17. The van der Waals surface area contributed by atoms with Gasteiger partial charge in [0.05, 0.1) is 18.0 Å². The van der Waals surface area contributed by atoms with Crippen molar-refractivity contribution < 1.29 is 9.53 Å². The van der Waals surface area contributed by atoms with Crippen molar-refractivity contribution in [3.8, 4) is 5.75 Å². The summed E-state index contributed by atoms with van der Waals surface area (Å²) < 4.78 is 5.44. The van der Waals surface area contributed by atoms with Crippen LogP contribution in [0.15, 0.2) is 34.5 Å². The van der Waals surface area contributed by atoms with Crippen LogP contribution in [0.1, 0.15) is 13.8 Å². The van der Waals surface area contributed by atoms with Gasteiger partial charge in [0.15, 0.2) is 5.71 Å². The number of carbonyl (C=O) groups excluding carboxylic acids is 1. The summed E-state index contributed by atoms with van der Waals surface area (Å²) in [5.41, 5.74) is 6.71. The van der Waals surface area contributed by atoms with E-state index >= 15 is 0 Å². The Kier molecular flexibility index (Phi) is 3.57. The summed E-state index contributed by atoms with van der Waals surface area (Å²) in [4.78, 5) is 11.4. The lowest BCUT2D eigenvalue weighted by molar-refractivity contribution is -0.114. The molecule has 6 heteroatoms. The van der Waals surface area contributed by atoms with Crippen molar-refractivity contribution in [1.29, 1.82) is 0 Å². The van der Waals surface area contributed by atoms with E-state index in [2.05, 4.69) is 21.1 Å². The number of hydrogen-bond acceptors (Lipinski definition) is 5. The lowest BCUT2D eigenvalue weighted by Crippen LogP contribution is -2.23. The summed E-state index contributed by atoms with van der Waals surface area (Å²) in [6.07, 6.45) is 0. The molecule has 1 aromatic rings. The Morgan fingerprint density at radius 2 is 2.22 bits per heavy atom. The molecule has 1 amide bonds. The molecule has 0 atom stereocenters. The minimum Gasteiger partial charge on any atom is -0.492 e. The zero-order valence-electron chi connectivity index (χ0n) is 10.2. The maximum Gasteiger partial charge on any atom is 0.293 e. The molecule has 0 aromatic heterocycles. The minimum absolute atomic E-state index is 0.279. The molecule has 0 saturated heterocycles. The second kappa shape index (κ2) is 5.31. The Labute approximate surface area is 105 Å². The van der Waals surface area contributed by atoms with E-state index in [-0.39, 0.29) is 11.6 Å². The molecule has 94 valence electrons. The van der Waals surface area contributed by atoms with Crippen LogP contribution in [0.4, 0.5) is 5.69 Å². The van der Waals surface area contributed by atoms with Crippen molar-refractivity contribution in [2.45, 2.75) is 13.8 Å². The number of nitrogens with zero attached hydrogens (tertiary/aromatic N) is 2. The van der Waals surface area contributed by atoms with Crippen LogP contribution in [0.3, 0.4) is 0 Å². The van der Waals surface area contributed by atoms with Gasteiger partial charge in [0.1, 0.15) is 5.75 Å². The predicted molar refractivity (Wildman–Crippen MR) is 69.9 cm³/mol. The van der Waals surface area contributed by atoms with Gasteiger partial charge in [-0.25, -0.2) is 5.43 Å². The Morgan fingerprint density at radius 1 is 1.44 bits per heavy atom. The molecule has 0 aliphatic carbocycles. The van der Waals surface area contributed by atoms with Crippen molar-refractivity contribution in [2.24, 2.45) is 10.2 Å². The maximum absolute atomic E-state index is 11.4. The Bertz CT molecular complexity index is 523. The molecule has 0 saturated carbocycles. The summed E-state index contributed by atoms with van der Waals surface area (Å²) in [6.45, 7) is 4.19. The minimum atomic E-state index is -0.311. The molecule has 0 unspecified atom stereocenters. The molecule has 1 aromatic carbocycles. The molecule has 2 N–H and O–H groups in total. The van der Waals surface area contributed by atoms with E-state index in [4.69, 9.17) is 4.74 Å². The quantitative estimate of drug-likeness (QED) is 0.788. The van der Waals surface area contributed by atoms with E-state index in [9.17, 15) is 4.79 Å². The van der Waals surface area contributed by atoms with E-state index in [1.165, 1.54) is 0 Å². The van der Waals surface area contributed by atoms with Crippen LogP contribution in [-0.2, 0) is 4.79 Å². The fourth-order valence-electron chi connectivity index (χ4n) is 1.49. The fraction of sp³-hybridized carbons (Fsp3) is 0.250. The van der Waals surface area contributed by atoms with Gasteiger partial charge in [-0.2, -0.15) is 10.2 Å². The summed E-state index contributed by atoms with van der Waals surface area (Å²) in [5, 5.41) is 7.83. The Hall–Kier alpha value is -2.37. The smallest absolute Gasteiger partial charge is 0.293 e. The van der Waals surface area contributed by atoms with Crippen molar-refractivity contribution in [1.82, 2.24) is 5.43 Å². The maximum atomic E-state index is 11.4. The number of para-hydroxylation sites is 2. The first-order valence-electron chi connectivity index (χ1n) is 5.63. The molecule has 2 rings (SSSR count). The number of amides is 1. The zero-order valence-corrected chi connectivity index (χ0v) is 10.2. The van der Waals surface area contributed by atoms with Gasteiger partial charge in [0.2, 0.25) is 0 Å². The first kappa shape index (κ1) is 12.1. The van der Waals surface area contributed by atoms with Crippen molar-refractivity contribution in [3.63, 3.8) is 0 Å². The number of rotatable bonds is 4. The summed E-state index contributed by atoms with van der Waals surface area (Å²) in [7, 11) is 0. The highest BCUT2D eigenvalue weighted by Gasteiger charge is 2.20. The van der Waals surface area contributed by atoms with Gasteiger partial charge in [-0.15, -0.1) is 0 Å². The molecule has 1 aliphatic heterocycles.